The molecule has 1 aliphatic heterocycles. The number of ether oxygens (including phenoxy) is 1. The van der Waals surface area contributed by atoms with Gasteiger partial charge in [-0.15, -0.1) is 11.3 Å². The molecule has 2 heterocycles. The van der Waals surface area contributed by atoms with Crippen molar-refractivity contribution < 1.29 is 14.3 Å². The van der Waals surface area contributed by atoms with E-state index >= 15 is 0 Å². The minimum Gasteiger partial charge on any atom is -0.491 e. The zero-order valence-corrected chi connectivity index (χ0v) is 22.2. The van der Waals surface area contributed by atoms with Crippen molar-refractivity contribution >= 4 is 23.3 Å². The first kappa shape index (κ1) is 26.1. The van der Waals surface area contributed by atoms with Gasteiger partial charge in [0.2, 0.25) is 5.91 Å². The molecule has 0 spiro atoms. The average Bonchev–Trinajstić information content (AvgIpc) is 3.26. The highest BCUT2D eigenvalue weighted by molar-refractivity contribution is 7.10. The number of thiophene rings is 1. The second kappa shape index (κ2) is 11.7. The standard InChI is InChI=1S/C27H39N3O3S/c1-7-19(4)15-29(27(32)28-18(2)3)16-26(31)30-12-10-25-22(11-13-34-25)23(30)17-33-24-9-8-20(5)14-21(24)6/h8-9,11,13-14,18-19,23H,7,10,12,15-17H2,1-6H3,(H,28,32). The van der Waals surface area contributed by atoms with Crippen LogP contribution in [0.2, 0.25) is 0 Å². The lowest BCUT2D eigenvalue weighted by Crippen LogP contribution is -2.51. The zero-order valence-electron chi connectivity index (χ0n) is 21.4. The lowest BCUT2D eigenvalue weighted by molar-refractivity contribution is -0.135. The summed E-state index contributed by atoms with van der Waals surface area (Å²) in [5.74, 6) is 1.13. The van der Waals surface area contributed by atoms with Crippen LogP contribution in [0.25, 0.3) is 0 Å². The van der Waals surface area contributed by atoms with Crippen LogP contribution >= 0.6 is 11.3 Å². The fourth-order valence-corrected chi connectivity index (χ4v) is 5.25. The summed E-state index contributed by atoms with van der Waals surface area (Å²) in [5, 5.41) is 5.05. The van der Waals surface area contributed by atoms with Gasteiger partial charge in [0.15, 0.2) is 0 Å². The molecule has 2 unspecified atom stereocenters. The molecular formula is C27H39N3O3S. The summed E-state index contributed by atoms with van der Waals surface area (Å²) in [7, 11) is 0. The van der Waals surface area contributed by atoms with Crippen molar-refractivity contribution in [3.05, 3.63) is 51.2 Å². The van der Waals surface area contributed by atoms with Crippen molar-refractivity contribution in [1.29, 1.82) is 0 Å². The second-order valence-electron chi connectivity index (χ2n) is 9.73. The predicted octanol–water partition coefficient (Wildman–Crippen LogP) is 5.34. The van der Waals surface area contributed by atoms with E-state index in [9.17, 15) is 9.59 Å². The highest BCUT2D eigenvalue weighted by Gasteiger charge is 2.34. The van der Waals surface area contributed by atoms with Gasteiger partial charge in [-0.05, 0) is 68.7 Å². The molecule has 6 nitrogen and oxygen atoms in total. The lowest BCUT2D eigenvalue weighted by atomic mass is 10.00. The first-order valence-electron chi connectivity index (χ1n) is 12.3. The third kappa shape index (κ3) is 6.53. The van der Waals surface area contributed by atoms with Crippen molar-refractivity contribution in [1.82, 2.24) is 15.1 Å². The van der Waals surface area contributed by atoms with Crippen LogP contribution in [0.15, 0.2) is 29.6 Å². The van der Waals surface area contributed by atoms with E-state index in [1.165, 1.54) is 10.4 Å². The molecule has 0 saturated heterocycles. The van der Waals surface area contributed by atoms with Crippen molar-refractivity contribution in [3.8, 4) is 5.75 Å². The molecule has 3 rings (SSSR count). The molecule has 1 aliphatic rings. The molecule has 186 valence electrons. The van der Waals surface area contributed by atoms with Crippen LogP contribution in [0.3, 0.4) is 0 Å². The van der Waals surface area contributed by atoms with Gasteiger partial charge in [-0.2, -0.15) is 0 Å². The first-order chi connectivity index (χ1) is 16.2. The van der Waals surface area contributed by atoms with E-state index in [1.807, 2.05) is 37.8 Å². The average molecular weight is 486 g/mol. The van der Waals surface area contributed by atoms with Crippen molar-refractivity contribution in [2.75, 3.05) is 26.2 Å². The SMILES string of the molecule is CCC(C)CN(CC(=O)N1CCc2sccc2C1COc1ccc(C)cc1C)C(=O)NC(C)C. The molecule has 0 fully saturated rings. The normalized spacial score (nSPS) is 16.2. The van der Waals surface area contributed by atoms with Crippen LogP contribution < -0.4 is 10.1 Å². The molecule has 0 aliphatic carbocycles. The number of urea groups is 1. The van der Waals surface area contributed by atoms with E-state index in [4.69, 9.17) is 4.74 Å². The summed E-state index contributed by atoms with van der Waals surface area (Å²) in [6.45, 7) is 13.9. The maximum atomic E-state index is 13.6. The Morgan fingerprint density at radius 2 is 2.00 bits per heavy atom. The molecule has 1 N–H and O–H groups in total. The number of fused-ring (bicyclic) bond motifs is 1. The molecule has 3 amide bonds. The predicted molar refractivity (Wildman–Crippen MR) is 139 cm³/mol. The molecule has 0 bridgehead atoms. The quantitative estimate of drug-likeness (QED) is 0.522. The maximum absolute atomic E-state index is 13.6. The van der Waals surface area contributed by atoms with Crippen molar-refractivity contribution in [2.45, 2.75) is 66.5 Å². The number of carbonyl (C=O) groups is 2. The van der Waals surface area contributed by atoms with E-state index in [0.717, 1.165) is 29.7 Å². The Morgan fingerprint density at radius 1 is 1.24 bits per heavy atom. The second-order valence-corrected chi connectivity index (χ2v) is 10.7. The van der Waals surface area contributed by atoms with Gasteiger partial charge in [-0.3, -0.25) is 4.79 Å². The highest BCUT2D eigenvalue weighted by Crippen LogP contribution is 2.34. The monoisotopic (exact) mass is 485 g/mol. The molecule has 0 radical (unpaired) electrons. The van der Waals surface area contributed by atoms with Crippen molar-refractivity contribution in [3.63, 3.8) is 0 Å². The van der Waals surface area contributed by atoms with Crippen LogP contribution in [0.1, 0.15) is 61.7 Å². The van der Waals surface area contributed by atoms with Gasteiger partial charge < -0.3 is 19.9 Å². The maximum Gasteiger partial charge on any atom is 0.318 e. The van der Waals surface area contributed by atoms with Crippen LogP contribution in [-0.4, -0.2) is 54.0 Å². The van der Waals surface area contributed by atoms with Gasteiger partial charge >= 0.3 is 6.03 Å². The molecule has 1 aromatic carbocycles. The molecular weight excluding hydrogens is 446 g/mol. The van der Waals surface area contributed by atoms with Crippen LogP contribution in [0.4, 0.5) is 4.79 Å². The summed E-state index contributed by atoms with van der Waals surface area (Å²) in [4.78, 5) is 31.3. The minimum atomic E-state index is -0.181. The number of rotatable bonds is 9. The summed E-state index contributed by atoms with van der Waals surface area (Å²) < 4.78 is 6.24. The minimum absolute atomic E-state index is 0.0179. The Labute approximate surface area is 208 Å². The Balaban J connectivity index is 1.78. The van der Waals surface area contributed by atoms with Gasteiger partial charge in [0.1, 0.15) is 18.9 Å². The topological polar surface area (TPSA) is 61.9 Å². The number of amides is 3. The van der Waals surface area contributed by atoms with Crippen LogP contribution in [-0.2, 0) is 11.2 Å². The Kier molecular flexibility index (Phi) is 9.00. The van der Waals surface area contributed by atoms with Gasteiger partial charge in [-0.25, -0.2) is 4.79 Å². The molecule has 2 aromatic rings. The van der Waals surface area contributed by atoms with Crippen molar-refractivity contribution in [2.24, 2.45) is 5.92 Å². The third-order valence-electron chi connectivity index (χ3n) is 6.40. The van der Waals surface area contributed by atoms with E-state index in [0.29, 0.717) is 25.6 Å². The number of carbonyl (C=O) groups excluding carboxylic acids is 2. The highest BCUT2D eigenvalue weighted by atomic mass is 32.1. The van der Waals surface area contributed by atoms with Gasteiger partial charge in [0.25, 0.3) is 0 Å². The number of aryl methyl sites for hydroxylation is 2. The largest absolute Gasteiger partial charge is 0.491 e. The van der Waals surface area contributed by atoms with Crippen LogP contribution in [0.5, 0.6) is 5.75 Å². The number of nitrogens with zero attached hydrogens (tertiary/aromatic N) is 2. The molecule has 7 heteroatoms. The summed E-state index contributed by atoms with van der Waals surface area (Å²) >= 11 is 1.74. The number of nitrogens with one attached hydrogen (secondary N) is 1. The van der Waals surface area contributed by atoms with Gasteiger partial charge in [-0.1, -0.05) is 38.0 Å². The Bertz CT molecular complexity index is 987. The van der Waals surface area contributed by atoms with E-state index in [1.54, 1.807) is 16.2 Å². The van der Waals surface area contributed by atoms with Gasteiger partial charge in [0.05, 0.1) is 6.04 Å². The van der Waals surface area contributed by atoms with E-state index in [2.05, 4.69) is 43.6 Å². The number of hydrogen-bond acceptors (Lipinski definition) is 4. The summed E-state index contributed by atoms with van der Waals surface area (Å²) in [6.07, 6.45) is 1.79. The number of hydrogen-bond donors (Lipinski definition) is 1. The summed E-state index contributed by atoms with van der Waals surface area (Å²) in [5.41, 5.74) is 3.44. The van der Waals surface area contributed by atoms with E-state index < -0.39 is 0 Å². The van der Waals surface area contributed by atoms with Crippen LogP contribution in [0, 0.1) is 19.8 Å². The van der Waals surface area contributed by atoms with Gasteiger partial charge in [0, 0.05) is 24.0 Å². The third-order valence-corrected chi connectivity index (χ3v) is 7.39. The Hall–Kier alpha value is -2.54. The summed E-state index contributed by atoms with van der Waals surface area (Å²) in [6, 6.07) is 7.93. The smallest absolute Gasteiger partial charge is 0.318 e. The fraction of sp³-hybridized carbons (Fsp3) is 0.556. The molecule has 34 heavy (non-hydrogen) atoms. The molecule has 2 atom stereocenters. The molecule has 1 aromatic heterocycles. The lowest BCUT2D eigenvalue weighted by Gasteiger charge is -2.37. The van der Waals surface area contributed by atoms with E-state index in [-0.39, 0.29) is 30.6 Å². The number of benzene rings is 1. The molecule has 0 saturated carbocycles. The fourth-order valence-electron chi connectivity index (χ4n) is 4.32. The zero-order chi connectivity index (χ0) is 24.8. The Morgan fingerprint density at radius 3 is 2.68 bits per heavy atom. The first-order valence-corrected chi connectivity index (χ1v) is 13.2.